The van der Waals surface area contributed by atoms with Gasteiger partial charge in [-0.1, -0.05) is 61.9 Å². The van der Waals surface area contributed by atoms with E-state index in [9.17, 15) is 4.79 Å². The molecular weight excluding hydrogens is 443 g/mol. The Bertz CT molecular complexity index is 1080. The molecule has 1 aromatic heterocycles. The zero-order valence-corrected chi connectivity index (χ0v) is 20.4. The van der Waals surface area contributed by atoms with E-state index in [-0.39, 0.29) is 31.2 Å². The minimum atomic E-state index is -0.783. The predicted molar refractivity (Wildman–Crippen MR) is 139 cm³/mol. The first-order chi connectivity index (χ1) is 14.4. The zero-order valence-electron chi connectivity index (χ0n) is 18.8. The van der Waals surface area contributed by atoms with Crippen molar-refractivity contribution in [1.29, 1.82) is 0 Å². The van der Waals surface area contributed by atoms with Gasteiger partial charge in [0.15, 0.2) is 0 Å². The minimum Gasteiger partial charge on any atom is -0.481 e. The number of hydrogen-bond acceptors (Lipinski definition) is 3. The van der Waals surface area contributed by atoms with Gasteiger partial charge in [0.05, 0.1) is 5.52 Å². The van der Waals surface area contributed by atoms with Crippen LogP contribution in [0.4, 0.5) is 0 Å². The second-order valence-electron chi connectivity index (χ2n) is 8.19. The van der Waals surface area contributed by atoms with Crippen LogP contribution in [0.1, 0.15) is 49.1 Å². The van der Waals surface area contributed by atoms with Gasteiger partial charge in [-0.3, -0.25) is 9.78 Å². The molecule has 0 atom stereocenters. The number of halogens is 2. The molecule has 0 radical (unpaired) electrons. The van der Waals surface area contributed by atoms with Gasteiger partial charge in [0.25, 0.3) is 0 Å². The quantitative estimate of drug-likeness (QED) is 0.385. The van der Waals surface area contributed by atoms with Crippen molar-refractivity contribution in [3.63, 3.8) is 0 Å². The number of allylic oxidation sites excluding steroid dienone is 1. The normalized spacial score (nSPS) is 10.9. The van der Waals surface area contributed by atoms with Crippen LogP contribution in [0.5, 0.6) is 0 Å². The molecule has 2 aromatic carbocycles. The first kappa shape index (κ1) is 27.6. The van der Waals surface area contributed by atoms with E-state index in [2.05, 4.69) is 51.1 Å². The topological polar surface area (TPSA) is 76.2 Å². The number of carboxylic acids is 1. The number of aryl methyl sites for hydroxylation is 1. The summed E-state index contributed by atoms with van der Waals surface area (Å²) < 4.78 is 0. The van der Waals surface area contributed by atoms with Gasteiger partial charge in [-0.15, -0.1) is 24.8 Å². The minimum absolute atomic E-state index is 0. The number of fused-ring (bicyclic) bond motifs is 1. The van der Waals surface area contributed by atoms with E-state index < -0.39 is 5.97 Å². The molecule has 3 N–H and O–H groups in total. The summed E-state index contributed by atoms with van der Waals surface area (Å²) in [6.07, 6.45) is 5.42. The number of carbonyl (C=O) groups is 1. The van der Waals surface area contributed by atoms with Crippen molar-refractivity contribution in [3.8, 4) is 11.1 Å². The number of hydrogen-bond donors (Lipinski definition) is 2. The van der Waals surface area contributed by atoms with Crippen LogP contribution >= 0.6 is 24.8 Å². The van der Waals surface area contributed by atoms with E-state index in [1.807, 2.05) is 24.3 Å². The molecule has 1 heterocycles. The van der Waals surface area contributed by atoms with Crippen LogP contribution in [0.25, 0.3) is 28.1 Å². The SMILES string of the molecule is Cc1ccc(-c2c(CN)c(CC(C)C)nc3ccc(/C=C/CCC(=O)O)cc23)cc1.Cl.Cl. The molecule has 6 heteroatoms. The fourth-order valence-electron chi connectivity index (χ4n) is 3.73. The van der Waals surface area contributed by atoms with Crippen molar-refractivity contribution >= 4 is 47.8 Å². The Morgan fingerprint density at radius 3 is 2.41 bits per heavy atom. The largest absolute Gasteiger partial charge is 0.481 e. The number of nitrogens with zero attached hydrogens (tertiary/aromatic N) is 1. The molecule has 3 rings (SSSR count). The van der Waals surface area contributed by atoms with Crippen molar-refractivity contribution in [2.75, 3.05) is 0 Å². The maximum absolute atomic E-state index is 10.7. The molecule has 0 fully saturated rings. The monoisotopic (exact) mass is 474 g/mol. The van der Waals surface area contributed by atoms with E-state index in [1.54, 1.807) is 0 Å². The van der Waals surface area contributed by atoms with E-state index in [1.165, 1.54) is 5.56 Å². The summed E-state index contributed by atoms with van der Waals surface area (Å²) in [5.41, 5.74) is 13.9. The van der Waals surface area contributed by atoms with Crippen molar-refractivity contribution in [3.05, 3.63) is 70.9 Å². The zero-order chi connectivity index (χ0) is 21.7. The molecule has 4 nitrogen and oxygen atoms in total. The number of nitrogens with two attached hydrogens (primary N) is 1. The van der Waals surface area contributed by atoms with Crippen LogP contribution in [-0.4, -0.2) is 16.1 Å². The molecule has 0 aliphatic rings. The lowest BCUT2D eigenvalue weighted by Crippen LogP contribution is -2.10. The first-order valence-corrected chi connectivity index (χ1v) is 10.5. The summed E-state index contributed by atoms with van der Waals surface area (Å²) in [6.45, 7) is 6.92. The number of aliphatic carboxylic acids is 1. The molecule has 0 amide bonds. The van der Waals surface area contributed by atoms with Gasteiger partial charge in [0.1, 0.15) is 0 Å². The van der Waals surface area contributed by atoms with Gasteiger partial charge in [0, 0.05) is 24.0 Å². The van der Waals surface area contributed by atoms with Gasteiger partial charge in [-0.25, -0.2) is 0 Å². The van der Waals surface area contributed by atoms with E-state index in [0.717, 1.165) is 45.3 Å². The number of aromatic nitrogens is 1. The van der Waals surface area contributed by atoms with Gasteiger partial charge in [-0.2, -0.15) is 0 Å². The Morgan fingerprint density at radius 2 is 1.81 bits per heavy atom. The maximum atomic E-state index is 10.7. The number of benzene rings is 2. The highest BCUT2D eigenvalue weighted by atomic mass is 35.5. The van der Waals surface area contributed by atoms with Crippen molar-refractivity contribution < 1.29 is 9.90 Å². The van der Waals surface area contributed by atoms with E-state index >= 15 is 0 Å². The summed E-state index contributed by atoms with van der Waals surface area (Å²) in [6, 6.07) is 14.8. The highest BCUT2D eigenvalue weighted by molar-refractivity contribution is 5.97. The van der Waals surface area contributed by atoms with Gasteiger partial charge < -0.3 is 10.8 Å². The third kappa shape index (κ3) is 6.80. The van der Waals surface area contributed by atoms with E-state index in [4.69, 9.17) is 15.8 Å². The van der Waals surface area contributed by atoms with Gasteiger partial charge in [0.2, 0.25) is 0 Å². The fourth-order valence-corrected chi connectivity index (χ4v) is 3.73. The van der Waals surface area contributed by atoms with Crippen LogP contribution in [0.15, 0.2) is 48.5 Å². The van der Waals surface area contributed by atoms with Crippen molar-refractivity contribution in [1.82, 2.24) is 4.98 Å². The van der Waals surface area contributed by atoms with Crippen molar-refractivity contribution in [2.45, 2.75) is 46.6 Å². The standard InChI is InChI=1S/C26H30N2O2.2ClH/c1-17(2)14-24-22(16-27)26(20-11-8-18(3)9-12-20)21-15-19(10-13-23(21)28-24)6-4-5-7-25(29)30;;/h4,6,8-13,15,17H,5,7,14,16,27H2,1-3H3,(H,29,30);2*1H/b6-4+;;. The average Bonchev–Trinajstić information content (AvgIpc) is 2.70. The lowest BCUT2D eigenvalue weighted by molar-refractivity contribution is -0.136. The molecule has 32 heavy (non-hydrogen) atoms. The lowest BCUT2D eigenvalue weighted by Gasteiger charge is -2.18. The van der Waals surface area contributed by atoms with Crippen LogP contribution in [0, 0.1) is 12.8 Å². The molecule has 0 aliphatic carbocycles. The maximum Gasteiger partial charge on any atom is 0.303 e. The fraction of sp³-hybridized carbons (Fsp3) is 0.308. The van der Waals surface area contributed by atoms with Crippen LogP contribution in [-0.2, 0) is 17.8 Å². The summed E-state index contributed by atoms with van der Waals surface area (Å²) >= 11 is 0. The Balaban J connectivity index is 0.00000256. The van der Waals surface area contributed by atoms with Gasteiger partial charge in [-0.05, 0) is 60.1 Å². The Labute approximate surface area is 202 Å². The highest BCUT2D eigenvalue weighted by Crippen LogP contribution is 2.35. The lowest BCUT2D eigenvalue weighted by atomic mass is 9.90. The van der Waals surface area contributed by atoms with Crippen molar-refractivity contribution in [2.24, 2.45) is 11.7 Å². The molecular formula is C26H32Cl2N2O2. The molecule has 0 saturated heterocycles. The molecule has 0 saturated carbocycles. The predicted octanol–water partition coefficient (Wildman–Crippen LogP) is 6.59. The number of rotatable bonds is 8. The highest BCUT2D eigenvalue weighted by Gasteiger charge is 2.17. The van der Waals surface area contributed by atoms with Crippen LogP contribution < -0.4 is 5.73 Å². The smallest absolute Gasteiger partial charge is 0.303 e. The Hall–Kier alpha value is -2.40. The molecule has 0 bridgehead atoms. The van der Waals surface area contributed by atoms with E-state index in [0.29, 0.717) is 18.9 Å². The third-order valence-electron chi connectivity index (χ3n) is 5.18. The number of carboxylic acid groups (broad SMARTS) is 1. The Kier molecular flexibility index (Phi) is 10.9. The van der Waals surface area contributed by atoms with Crippen LogP contribution in [0.2, 0.25) is 0 Å². The van der Waals surface area contributed by atoms with Crippen LogP contribution in [0.3, 0.4) is 0 Å². The summed E-state index contributed by atoms with van der Waals surface area (Å²) in [7, 11) is 0. The summed E-state index contributed by atoms with van der Waals surface area (Å²) in [4.78, 5) is 15.7. The average molecular weight is 475 g/mol. The summed E-state index contributed by atoms with van der Waals surface area (Å²) in [5.74, 6) is -0.295. The number of pyridine rings is 1. The molecule has 0 aliphatic heterocycles. The molecule has 172 valence electrons. The second-order valence-corrected chi connectivity index (χ2v) is 8.19. The van der Waals surface area contributed by atoms with Gasteiger partial charge >= 0.3 is 5.97 Å². The summed E-state index contributed by atoms with van der Waals surface area (Å²) in [5, 5.41) is 9.90. The molecule has 0 unspecified atom stereocenters. The Morgan fingerprint density at radius 1 is 1.12 bits per heavy atom. The molecule has 0 spiro atoms. The molecule has 3 aromatic rings. The first-order valence-electron chi connectivity index (χ1n) is 10.5. The third-order valence-corrected chi connectivity index (χ3v) is 5.18. The second kappa shape index (κ2) is 12.6.